The fraction of sp³-hybridized carbons (Fsp3) is 0.231. The summed E-state index contributed by atoms with van der Waals surface area (Å²) in [7, 11) is 1.58. The monoisotopic (exact) mass is 280 g/mol. The number of carbonyl (C=O) groups excluding carboxylic acids is 1. The van der Waals surface area contributed by atoms with Gasteiger partial charge in [-0.3, -0.25) is 4.79 Å². The number of hydrogen-bond acceptors (Lipinski definition) is 4. The molecule has 2 aromatic rings. The van der Waals surface area contributed by atoms with Crippen molar-refractivity contribution < 1.29 is 13.6 Å². The largest absolute Gasteiger partial charge is 0.431 e. The Hall–Kier alpha value is -1.82. The summed E-state index contributed by atoms with van der Waals surface area (Å²) in [5, 5.41) is 2.68. The van der Waals surface area contributed by atoms with E-state index in [1.54, 1.807) is 32.3 Å². The quantitative estimate of drug-likeness (QED) is 0.875. The zero-order chi connectivity index (χ0) is 13.8. The van der Waals surface area contributed by atoms with Crippen LogP contribution >= 0.6 is 11.8 Å². The molecule has 0 radical (unpaired) electrons. The van der Waals surface area contributed by atoms with Gasteiger partial charge in [-0.05, 0) is 31.2 Å². The summed E-state index contributed by atoms with van der Waals surface area (Å²) in [6, 6.07) is 5.95. The van der Waals surface area contributed by atoms with Crippen LogP contribution in [0.15, 0.2) is 40.1 Å². The lowest BCUT2D eigenvalue weighted by atomic mass is 10.2. The topological polar surface area (TPSA) is 55.1 Å². The number of rotatable bonds is 4. The van der Waals surface area contributed by atoms with Crippen molar-refractivity contribution in [1.29, 1.82) is 0 Å². The van der Waals surface area contributed by atoms with E-state index in [2.05, 4.69) is 10.3 Å². The lowest BCUT2D eigenvalue weighted by Crippen LogP contribution is -2.27. The molecule has 0 aliphatic heterocycles. The summed E-state index contributed by atoms with van der Waals surface area (Å²) in [5.41, 5.74) is 0.744. The third-order valence-electron chi connectivity index (χ3n) is 2.51. The lowest BCUT2D eigenvalue weighted by molar-refractivity contribution is -0.119. The van der Waals surface area contributed by atoms with Crippen LogP contribution in [0, 0.1) is 5.82 Å². The number of oxazole rings is 1. The number of amides is 1. The van der Waals surface area contributed by atoms with Crippen LogP contribution in [-0.2, 0) is 4.79 Å². The molecule has 1 unspecified atom stereocenters. The normalized spacial score (nSPS) is 12.2. The third kappa shape index (κ3) is 3.35. The van der Waals surface area contributed by atoms with Crippen molar-refractivity contribution in [3.8, 4) is 11.3 Å². The molecule has 4 nitrogen and oxygen atoms in total. The van der Waals surface area contributed by atoms with E-state index in [1.165, 1.54) is 23.9 Å². The van der Waals surface area contributed by atoms with E-state index in [4.69, 9.17) is 4.42 Å². The maximum Gasteiger partial charge on any atom is 0.256 e. The number of benzene rings is 1. The van der Waals surface area contributed by atoms with Crippen LogP contribution in [-0.4, -0.2) is 23.2 Å². The summed E-state index contributed by atoms with van der Waals surface area (Å²) in [4.78, 5) is 15.5. The molecule has 100 valence electrons. The predicted molar refractivity (Wildman–Crippen MR) is 71.3 cm³/mol. The van der Waals surface area contributed by atoms with E-state index >= 15 is 0 Å². The number of halogens is 1. The van der Waals surface area contributed by atoms with Crippen molar-refractivity contribution in [3.05, 3.63) is 36.3 Å². The van der Waals surface area contributed by atoms with Gasteiger partial charge in [0, 0.05) is 12.6 Å². The van der Waals surface area contributed by atoms with Gasteiger partial charge >= 0.3 is 0 Å². The second-order valence-corrected chi connectivity index (χ2v) is 5.16. The molecule has 1 aromatic heterocycles. The Morgan fingerprint density at radius 1 is 1.42 bits per heavy atom. The molecule has 1 aromatic carbocycles. The Labute approximate surface area is 114 Å². The van der Waals surface area contributed by atoms with E-state index in [0.29, 0.717) is 11.0 Å². The summed E-state index contributed by atoms with van der Waals surface area (Å²) < 4.78 is 18.3. The molecule has 1 amide bonds. The number of nitrogens with zero attached hydrogens (tertiary/aromatic N) is 1. The van der Waals surface area contributed by atoms with E-state index in [9.17, 15) is 9.18 Å². The minimum Gasteiger partial charge on any atom is -0.431 e. The van der Waals surface area contributed by atoms with Gasteiger partial charge in [-0.1, -0.05) is 11.8 Å². The smallest absolute Gasteiger partial charge is 0.256 e. The first-order valence-electron chi connectivity index (χ1n) is 5.70. The van der Waals surface area contributed by atoms with Crippen LogP contribution in [0.2, 0.25) is 0 Å². The van der Waals surface area contributed by atoms with Crippen LogP contribution in [0.4, 0.5) is 4.39 Å². The maximum absolute atomic E-state index is 12.8. The van der Waals surface area contributed by atoms with Gasteiger partial charge in [0.05, 0.1) is 11.4 Å². The molecule has 0 bridgehead atoms. The molecule has 0 aliphatic rings. The van der Waals surface area contributed by atoms with Gasteiger partial charge in [0.25, 0.3) is 5.22 Å². The first-order valence-corrected chi connectivity index (χ1v) is 6.58. The van der Waals surface area contributed by atoms with E-state index in [0.717, 1.165) is 5.56 Å². The first kappa shape index (κ1) is 13.6. The van der Waals surface area contributed by atoms with Gasteiger partial charge in [-0.15, -0.1) is 0 Å². The second-order valence-electron chi connectivity index (χ2n) is 3.87. The molecule has 1 atom stereocenters. The van der Waals surface area contributed by atoms with E-state index in [-0.39, 0.29) is 17.0 Å². The average Bonchev–Trinajstić information content (AvgIpc) is 2.87. The highest BCUT2D eigenvalue weighted by Crippen LogP contribution is 2.27. The molecular weight excluding hydrogens is 267 g/mol. The van der Waals surface area contributed by atoms with Gasteiger partial charge in [-0.2, -0.15) is 0 Å². The number of hydrogen-bond donors (Lipinski definition) is 1. The van der Waals surface area contributed by atoms with Gasteiger partial charge in [-0.25, -0.2) is 9.37 Å². The highest BCUT2D eigenvalue weighted by Gasteiger charge is 2.16. The Bertz CT molecular complexity index is 568. The Morgan fingerprint density at radius 2 is 2.11 bits per heavy atom. The molecular formula is C13H13FN2O2S. The van der Waals surface area contributed by atoms with Gasteiger partial charge in [0.15, 0.2) is 5.76 Å². The fourth-order valence-electron chi connectivity index (χ4n) is 1.47. The van der Waals surface area contributed by atoms with Crippen molar-refractivity contribution in [3.63, 3.8) is 0 Å². The van der Waals surface area contributed by atoms with Crippen LogP contribution in [0.25, 0.3) is 11.3 Å². The fourth-order valence-corrected chi connectivity index (χ4v) is 2.25. The van der Waals surface area contributed by atoms with E-state index in [1.807, 2.05) is 0 Å². The van der Waals surface area contributed by atoms with Crippen molar-refractivity contribution in [1.82, 2.24) is 10.3 Å². The van der Waals surface area contributed by atoms with E-state index < -0.39 is 0 Å². The predicted octanol–water partition coefficient (Wildman–Crippen LogP) is 2.71. The Balaban J connectivity index is 2.11. The standard InChI is InChI=1S/C13H13FN2O2S/c1-8(12(17)15-2)19-13-16-7-11(18-13)9-3-5-10(14)6-4-9/h3-8H,1-2H3,(H,15,17). The zero-order valence-corrected chi connectivity index (χ0v) is 11.3. The average molecular weight is 280 g/mol. The van der Waals surface area contributed by atoms with Crippen LogP contribution in [0.5, 0.6) is 0 Å². The molecule has 0 spiro atoms. The molecule has 6 heteroatoms. The Kier molecular flexibility index (Phi) is 4.21. The van der Waals surface area contributed by atoms with Gasteiger partial charge in [0.2, 0.25) is 5.91 Å². The second kappa shape index (κ2) is 5.88. The van der Waals surface area contributed by atoms with Crippen LogP contribution in [0.3, 0.4) is 0 Å². The highest BCUT2D eigenvalue weighted by molar-refractivity contribution is 8.00. The van der Waals surface area contributed by atoms with Gasteiger partial charge in [0.1, 0.15) is 5.82 Å². The molecule has 0 aliphatic carbocycles. The number of nitrogens with one attached hydrogen (secondary N) is 1. The molecule has 19 heavy (non-hydrogen) atoms. The van der Waals surface area contributed by atoms with Gasteiger partial charge < -0.3 is 9.73 Å². The molecule has 1 heterocycles. The molecule has 0 fully saturated rings. The van der Waals surface area contributed by atoms with Crippen molar-refractivity contribution >= 4 is 17.7 Å². The SMILES string of the molecule is CNC(=O)C(C)Sc1ncc(-c2ccc(F)cc2)o1. The summed E-state index contributed by atoms with van der Waals surface area (Å²) in [6.45, 7) is 1.77. The number of carbonyl (C=O) groups is 1. The minimum absolute atomic E-state index is 0.0912. The summed E-state index contributed by atoms with van der Waals surface area (Å²) >= 11 is 1.23. The maximum atomic E-state index is 12.8. The minimum atomic E-state index is -0.300. The zero-order valence-electron chi connectivity index (χ0n) is 10.5. The van der Waals surface area contributed by atoms with Crippen LogP contribution in [0.1, 0.15) is 6.92 Å². The number of thioether (sulfide) groups is 1. The van der Waals surface area contributed by atoms with Crippen molar-refractivity contribution in [2.45, 2.75) is 17.4 Å². The summed E-state index contributed by atoms with van der Waals surface area (Å²) in [5.74, 6) is 0.157. The first-order chi connectivity index (χ1) is 9.10. The Morgan fingerprint density at radius 3 is 2.74 bits per heavy atom. The molecule has 0 saturated heterocycles. The van der Waals surface area contributed by atoms with Crippen molar-refractivity contribution in [2.75, 3.05) is 7.05 Å². The molecule has 0 saturated carbocycles. The third-order valence-corrected chi connectivity index (χ3v) is 3.46. The molecule has 2 rings (SSSR count). The summed E-state index contributed by atoms with van der Waals surface area (Å²) in [6.07, 6.45) is 1.56. The number of aromatic nitrogens is 1. The van der Waals surface area contributed by atoms with Crippen molar-refractivity contribution in [2.24, 2.45) is 0 Å². The van der Waals surface area contributed by atoms with Crippen LogP contribution < -0.4 is 5.32 Å². The lowest BCUT2D eigenvalue weighted by Gasteiger charge is -2.05. The molecule has 1 N–H and O–H groups in total. The highest BCUT2D eigenvalue weighted by atomic mass is 32.2.